The number of alkyl halides is 1. The van der Waals surface area contributed by atoms with Crippen LogP contribution in [0.3, 0.4) is 0 Å². The second kappa shape index (κ2) is 3.53. The molecule has 2 aromatic heterocycles. The van der Waals surface area contributed by atoms with Crippen LogP contribution in [0.2, 0.25) is 0 Å². The van der Waals surface area contributed by atoms with E-state index in [-0.39, 0.29) is 0 Å². The van der Waals surface area contributed by atoms with E-state index in [4.69, 9.17) is 11.6 Å². The third-order valence-electron chi connectivity index (χ3n) is 1.63. The van der Waals surface area contributed by atoms with E-state index >= 15 is 0 Å². The van der Waals surface area contributed by atoms with Crippen molar-refractivity contribution in [3.63, 3.8) is 0 Å². The fraction of sp³-hybridized carbons (Fsp3) is 0.125. The normalized spacial score (nSPS) is 10.2. The fourth-order valence-corrected chi connectivity index (χ4v) is 1.24. The summed E-state index contributed by atoms with van der Waals surface area (Å²) in [6.07, 6.45) is 6.68. The molecule has 2 heterocycles. The Morgan fingerprint density at radius 3 is 3.08 bits per heavy atom. The van der Waals surface area contributed by atoms with E-state index in [1.807, 2.05) is 12.3 Å². The molecule has 13 heavy (non-hydrogen) atoms. The zero-order valence-corrected chi connectivity index (χ0v) is 7.52. The molecule has 0 bridgehead atoms. The first-order valence-electron chi connectivity index (χ1n) is 3.76. The molecule has 0 aliphatic heterocycles. The molecule has 0 saturated carbocycles. The van der Waals surface area contributed by atoms with Gasteiger partial charge in [-0.1, -0.05) is 0 Å². The Bertz CT molecular complexity index is 385. The predicted molar refractivity (Wildman–Crippen MR) is 48.7 cm³/mol. The summed E-state index contributed by atoms with van der Waals surface area (Å²) in [6, 6.07) is 1.83. The number of nitrogens with zero attached hydrogens (tertiary/aromatic N) is 4. The lowest BCUT2D eigenvalue weighted by Gasteiger charge is -2.03. The highest BCUT2D eigenvalue weighted by Gasteiger charge is 2.04. The van der Waals surface area contributed by atoms with E-state index < -0.39 is 0 Å². The van der Waals surface area contributed by atoms with Gasteiger partial charge in [0.2, 0.25) is 0 Å². The smallest absolute Gasteiger partial charge is 0.161 e. The highest BCUT2D eigenvalue weighted by Crippen LogP contribution is 2.10. The lowest BCUT2D eigenvalue weighted by molar-refractivity contribution is 0.827. The molecule has 0 aromatic carbocycles. The Kier molecular flexibility index (Phi) is 2.23. The Morgan fingerprint density at radius 1 is 1.46 bits per heavy atom. The molecule has 0 aliphatic carbocycles. The van der Waals surface area contributed by atoms with Gasteiger partial charge in [-0.2, -0.15) is 5.10 Å². The number of aromatic nitrogens is 4. The first-order chi connectivity index (χ1) is 6.42. The summed E-state index contributed by atoms with van der Waals surface area (Å²) in [4.78, 5) is 7.99. The molecule has 0 saturated heterocycles. The third kappa shape index (κ3) is 1.53. The summed E-state index contributed by atoms with van der Waals surface area (Å²) in [7, 11) is 0. The number of hydrogen-bond acceptors (Lipinski definition) is 3. The molecule has 5 heteroatoms. The van der Waals surface area contributed by atoms with E-state index in [1.54, 1.807) is 17.1 Å². The van der Waals surface area contributed by atoms with Crippen LogP contribution in [0.1, 0.15) is 5.56 Å². The maximum atomic E-state index is 5.73. The van der Waals surface area contributed by atoms with Crippen molar-refractivity contribution in [2.24, 2.45) is 0 Å². The summed E-state index contributed by atoms with van der Waals surface area (Å²) in [5.41, 5.74) is 0.868. The summed E-state index contributed by atoms with van der Waals surface area (Å²) < 4.78 is 1.67. The molecule has 0 radical (unpaired) electrons. The Morgan fingerprint density at radius 2 is 2.38 bits per heavy atom. The van der Waals surface area contributed by atoms with Crippen LogP contribution < -0.4 is 0 Å². The van der Waals surface area contributed by atoms with Crippen molar-refractivity contribution in [1.82, 2.24) is 19.7 Å². The first-order valence-corrected chi connectivity index (χ1v) is 4.30. The lowest BCUT2D eigenvalue weighted by Crippen LogP contribution is -2.02. The maximum absolute atomic E-state index is 5.73. The van der Waals surface area contributed by atoms with Crippen LogP contribution in [0.15, 0.2) is 31.0 Å². The predicted octanol–water partition coefficient (Wildman–Crippen LogP) is 1.40. The number of hydrogen-bond donors (Lipinski definition) is 0. The molecule has 0 N–H and O–H groups in total. The number of rotatable bonds is 2. The fourth-order valence-electron chi connectivity index (χ4n) is 1.05. The second-order valence-corrected chi connectivity index (χ2v) is 2.72. The molecular weight excluding hydrogens is 188 g/mol. The minimum atomic E-state index is 0.385. The quantitative estimate of drug-likeness (QED) is 0.679. The maximum Gasteiger partial charge on any atom is 0.161 e. The van der Waals surface area contributed by atoms with E-state index in [0.717, 1.165) is 11.4 Å². The van der Waals surface area contributed by atoms with Crippen LogP contribution in [-0.2, 0) is 5.88 Å². The van der Waals surface area contributed by atoms with Gasteiger partial charge in [0.1, 0.15) is 6.33 Å². The average Bonchev–Trinajstić information content (AvgIpc) is 2.70. The number of halogens is 1. The van der Waals surface area contributed by atoms with E-state index in [2.05, 4.69) is 15.1 Å². The molecule has 2 rings (SSSR count). The van der Waals surface area contributed by atoms with Gasteiger partial charge in [-0.15, -0.1) is 11.6 Å². The van der Waals surface area contributed by atoms with E-state index in [9.17, 15) is 0 Å². The van der Waals surface area contributed by atoms with E-state index in [0.29, 0.717) is 5.88 Å². The van der Waals surface area contributed by atoms with Gasteiger partial charge in [0, 0.05) is 24.2 Å². The van der Waals surface area contributed by atoms with Gasteiger partial charge in [-0.3, -0.25) is 0 Å². The zero-order chi connectivity index (χ0) is 9.10. The molecule has 0 spiro atoms. The molecule has 0 atom stereocenters. The average molecular weight is 195 g/mol. The summed E-state index contributed by atoms with van der Waals surface area (Å²) in [6.45, 7) is 0. The summed E-state index contributed by atoms with van der Waals surface area (Å²) in [5.74, 6) is 1.12. The van der Waals surface area contributed by atoms with Crippen LogP contribution in [0.25, 0.3) is 5.82 Å². The van der Waals surface area contributed by atoms with Crippen molar-refractivity contribution >= 4 is 11.6 Å². The van der Waals surface area contributed by atoms with Crippen molar-refractivity contribution in [3.05, 3.63) is 36.5 Å². The molecule has 0 aliphatic rings. The summed E-state index contributed by atoms with van der Waals surface area (Å²) >= 11 is 5.73. The highest BCUT2D eigenvalue weighted by atomic mass is 35.5. The van der Waals surface area contributed by atoms with Crippen molar-refractivity contribution in [2.45, 2.75) is 5.88 Å². The van der Waals surface area contributed by atoms with Gasteiger partial charge < -0.3 is 0 Å². The monoisotopic (exact) mass is 194 g/mol. The third-order valence-corrected chi connectivity index (χ3v) is 1.92. The minimum absolute atomic E-state index is 0.385. The van der Waals surface area contributed by atoms with Gasteiger partial charge in [-0.05, 0) is 6.07 Å². The van der Waals surface area contributed by atoms with Gasteiger partial charge in [-0.25, -0.2) is 14.6 Å². The summed E-state index contributed by atoms with van der Waals surface area (Å²) in [5, 5.41) is 4.06. The largest absolute Gasteiger partial charge is 0.244 e. The first kappa shape index (κ1) is 8.19. The van der Waals surface area contributed by atoms with Crippen molar-refractivity contribution in [2.75, 3.05) is 0 Å². The van der Waals surface area contributed by atoms with Crippen LogP contribution in [0.4, 0.5) is 0 Å². The topological polar surface area (TPSA) is 43.6 Å². The van der Waals surface area contributed by atoms with Crippen molar-refractivity contribution in [3.8, 4) is 5.82 Å². The molecule has 66 valence electrons. The van der Waals surface area contributed by atoms with Crippen LogP contribution in [0, 0.1) is 0 Å². The van der Waals surface area contributed by atoms with E-state index in [1.165, 1.54) is 6.33 Å². The van der Waals surface area contributed by atoms with Gasteiger partial charge >= 0.3 is 0 Å². The Labute approximate surface area is 80.2 Å². The van der Waals surface area contributed by atoms with Crippen LogP contribution in [-0.4, -0.2) is 19.7 Å². The second-order valence-electron chi connectivity index (χ2n) is 2.46. The highest BCUT2D eigenvalue weighted by molar-refractivity contribution is 6.17. The standard InChI is InChI=1S/C8H7ClN4/c9-4-7-5-10-6-11-8(7)13-3-1-2-12-13/h1-3,5-6H,4H2. The van der Waals surface area contributed by atoms with Gasteiger partial charge in [0.05, 0.1) is 5.88 Å². The molecule has 0 fully saturated rings. The molecule has 4 nitrogen and oxygen atoms in total. The van der Waals surface area contributed by atoms with Crippen LogP contribution >= 0.6 is 11.6 Å². The molecule has 2 aromatic rings. The van der Waals surface area contributed by atoms with Crippen molar-refractivity contribution in [1.29, 1.82) is 0 Å². The van der Waals surface area contributed by atoms with Gasteiger partial charge in [0.25, 0.3) is 0 Å². The SMILES string of the molecule is ClCc1cncnc1-n1cccn1. The zero-order valence-electron chi connectivity index (χ0n) is 6.76. The molecule has 0 amide bonds. The molecular formula is C8H7ClN4. The van der Waals surface area contributed by atoms with Crippen LogP contribution in [0.5, 0.6) is 0 Å². The van der Waals surface area contributed by atoms with Gasteiger partial charge in [0.15, 0.2) is 5.82 Å². The lowest BCUT2D eigenvalue weighted by atomic mass is 10.3. The molecule has 0 unspecified atom stereocenters. The van der Waals surface area contributed by atoms with Crippen molar-refractivity contribution < 1.29 is 0 Å². The minimum Gasteiger partial charge on any atom is -0.244 e. The Hall–Kier alpha value is -1.42. The Balaban J connectivity index is 2.51.